The van der Waals surface area contributed by atoms with Crippen LogP contribution in [0.25, 0.3) is 11.5 Å². The second-order valence-corrected chi connectivity index (χ2v) is 6.38. The number of ether oxygens (including phenoxy) is 1. The third-order valence-corrected chi connectivity index (χ3v) is 4.81. The van der Waals surface area contributed by atoms with Gasteiger partial charge in [0.2, 0.25) is 0 Å². The molecule has 1 aliphatic rings. The molecule has 1 N–H and O–H groups in total. The van der Waals surface area contributed by atoms with Crippen LogP contribution in [0, 0.1) is 0 Å². The molecule has 0 saturated carbocycles. The SMILES string of the molecule is COc1ccc([C@@H](C)n2ccnc2-c2cc3n(n2)CCCNC3)cc1. The van der Waals surface area contributed by atoms with E-state index in [1.807, 2.05) is 24.5 Å². The van der Waals surface area contributed by atoms with Crippen molar-refractivity contribution in [2.24, 2.45) is 0 Å². The second kappa shape index (κ2) is 6.72. The lowest BCUT2D eigenvalue weighted by molar-refractivity contribution is 0.414. The monoisotopic (exact) mass is 337 g/mol. The van der Waals surface area contributed by atoms with E-state index in [0.29, 0.717) is 0 Å². The Morgan fingerprint density at radius 2 is 2.08 bits per heavy atom. The predicted molar refractivity (Wildman–Crippen MR) is 96.6 cm³/mol. The van der Waals surface area contributed by atoms with Gasteiger partial charge in [-0.05, 0) is 43.7 Å². The summed E-state index contributed by atoms with van der Waals surface area (Å²) in [4.78, 5) is 4.58. The van der Waals surface area contributed by atoms with Crippen LogP contribution in [0.5, 0.6) is 5.75 Å². The summed E-state index contributed by atoms with van der Waals surface area (Å²) in [5.41, 5.74) is 3.37. The molecule has 0 radical (unpaired) electrons. The van der Waals surface area contributed by atoms with Crippen LogP contribution in [0.15, 0.2) is 42.7 Å². The lowest BCUT2D eigenvalue weighted by atomic mass is 10.1. The summed E-state index contributed by atoms with van der Waals surface area (Å²) in [5, 5.41) is 8.23. The number of nitrogens with one attached hydrogen (secondary N) is 1. The van der Waals surface area contributed by atoms with Gasteiger partial charge in [-0.15, -0.1) is 0 Å². The predicted octanol–water partition coefficient (Wildman–Crippen LogP) is 2.86. The minimum absolute atomic E-state index is 0.169. The molecule has 2 aromatic heterocycles. The van der Waals surface area contributed by atoms with Crippen LogP contribution in [0.4, 0.5) is 0 Å². The van der Waals surface area contributed by atoms with Gasteiger partial charge in [-0.2, -0.15) is 5.10 Å². The van der Waals surface area contributed by atoms with E-state index in [9.17, 15) is 0 Å². The Balaban J connectivity index is 1.66. The van der Waals surface area contributed by atoms with Gasteiger partial charge in [0, 0.05) is 25.5 Å². The zero-order valence-corrected chi connectivity index (χ0v) is 14.6. The molecule has 3 aromatic rings. The standard InChI is InChI=1S/C19H23N5O/c1-14(15-4-6-17(25-2)7-5-15)23-11-9-21-19(23)18-12-16-13-20-8-3-10-24(16)22-18/h4-7,9,11-12,14,20H,3,8,10,13H2,1-2H3/t14-/m1/s1. The maximum Gasteiger partial charge on any atom is 0.161 e. The number of imidazole rings is 1. The van der Waals surface area contributed by atoms with Crippen LogP contribution < -0.4 is 10.1 Å². The van der Waals surface area contributed by atoms with Crippen molar-refractivity contribution in [3.05, 3.63) is 54.0 Å². The molecule has 6 heteroatoms. The number of aromatic nitrogens is 4. The van der Waals surface area contributed by atoms with Crippen molar-refractivity contribution in [1.82, 2.24) is 24.6 Å². The van der Waals surface area contributed by atoms with Crippen LogP contribution in [0.2, 0.25) is 0 Å². The lowest BCUT2D eigenvalue weighted by Crippen LogP contribution is -2.11. The van der Waals surface area contributed by atoms with Crippen LogP contribution in [0.1, 0.15) is 30.6 Å². The van der Waals surface area contributed by atoms with Gasteiger partial charge in [0.25, 0.3) is 0 Å². The smallest absolute Gasteiger partial charge is 0.161 e. The van der Waals surface area contributed by atoms with E-state index in [4.69, 9.17) is 9.84 Å². The van der Waals surface area contributed by atoms with Gasteiger partial charge in [0.15, 0.2) is 5.82 Å². The zero-order valence-electron chi connectivity index (χ0n) is 14.6. The Kier molecular flexibility index (Phi) is 4.28. The summed E-state index contributed by atoms with van der Waals surface area (Å²) < 4.78 is 9.53. The van der Waals surface area contributed by atoms with E-state index in [1.54, 1.807) is 7.11 Å². The zero-order chi connectivity index (χ0) is 17.2. The topological polar surface area (TPSA) is 56.9 Å². The van der Waals surface area contributed by atoms with E-state index in [0.717, 1.165) is 43.3 Å². The average Bonchev–Trinajstić information content (AvgIpc) is 3.23. The Hall–Kier alpha value is -2.60. The third-order valence-electron chi connectivity index (χ3n) is 4.81. The van der Waals surface area contributed by atoms with Crippen LogP contribution in [-0.2, 0) is 13.1 Å². The number of nitrogens with zero attached hydrogens (tertiary/aromatic N) is 4. The second-order valence-electron chi connectivity index (χ2n) is 6.38. The molecule has 1 aliphatic heterocycles. The molecule has 25 heavy (non-hydrogen) atoms. The highest BCUT2D eigenvalue weighted by Crippen LogP contribution is 2.27. The van der Waals surface area contributed by atoms with Crippen molar-refractivity contribution < 1.29 is 4.74 Å². The van der Waals surface area contributed by atoms with E-state index in [1.165, 1.54) is 11.3 Å². The molecule has 0 aliphatic carbocycles. The Bertz CT molecular complexity index is 826. The molecule has 3 heterocycles. The number of fused-ring (bicyclic) bond motifs is 1. The van der Waals surface area contributed by atoms with Crippen molar-refractivity contribution in [2.45, 2.75) is 32.5 Å². The van der Waals surface area contributed by atoms with Crippen molar-refractivity contribution >= 4 is 0 Å². The van der Waals surface area contributed by atoms with E-state index >= 15 is 0 Å². The van der Waals surface area contributed by atoms with Gasteiger partial charge in [-0.25, -0.2) is 4.98 Å². The normalized spacial score (nSPS) is 15.4. The average molecular weight is 337 g/mol. The molecule has 0 spiro atoms. The van der Waals surface area contributed by atoms with Gasteiger partial charge in [0.05, 0.1) is 18.8 Å². The highest BCUT2D eigenvalue weighted by Gasteiger charge is 2.18. The molecule has 6 nitrogen and oxygen atoms in total. The molecular formula is C19H23N5O. The van der Waals surface area contributed by atoms with E-state index in [-0.39, 0.29) is 6.04 Å². The highest BCUT2D eigenvalue weighted by molar-refractivity contribution is 5.51. The summed E-state index contributed by atoms with van der Waals surface area (Å²) in [5.74, 6) is 1.77. The maximum absolute atomic E-state index is 5.25. The molecule has 1 aromatic carbocycles. The quantitative estimate of drug-likeness (QED) is 0.795. The molecule has 0 fully saturated rings. The van der Waals surface area contributed by atoms with Crippen LogP contribution in [-0.4, -0.2) is 33.0 Å². The lowest BCUT2D eigenvalue weighted by Gasteiger charge is -2.16. The van der Waals surface area contributed by atoms with Gasteiger partial charge in [0.1, 0.15) is 11.4 Å². The Morgan fingerprint density at radius 3 is 2.88 bits per heavy atom. The maximum atomic E-state index is 5.25. The fraction of sp³-hybridized carbons (Fsp3) is 0.368. The summed E-state index contributed by atoms with van der Waals surface area (Å²) in [7, 11) is 1.68. The fourth-order valence-electron chi connectivity index (χ4n) is 3.34. The fourth-order valence-corrected chi connectivity index (χ4v) is 3.34. The number of methoxy groups -OCH3 is 1. The van der Waals surface area contributed by atoms with Crippen LogP contribution >= 0.6 is 0 Å². The minimum atomic E-state index is 0.169. The van der Waals surface area contributed by atoms with Crippen molar-refractivity contribution in [1.29, 1.82) is 0 Å². The Morgan fingerprint density at radius 1 is 1.24 bits per heavy atom. The minimum Gasteiger partial charge on any atom is -0.497 e. The molecular weight excluding hydrogens is 314 g/mol. The molecule has 0 amide bonds. The summed E-state index contributed by atoms with van der Waals surface area (Å²) in [6.45, 7) is 5.04. The molecule has 0 bridgehead atoms. The molecule has 4 rings (SSSR count). The van der Waals surface area contributed by atoms with Gasteiger partial charge in [-0.3, -0.25) is 4.68 Å². The number of hydrogen-bond donors (Lipinski definition) is 1. The van der Waals surface area contributed by atoms with Gasteiger partial charge in [-0.1, -0.05) is 12.1 Å². The first-order valence-electron chi connectivity index (χ1n) is 8.71. The molecule has 0 unspecified atom stereocenters. The van der Waals surface area contributed by atoms with Crippen molar-refractivity contribution in [3.63, 3.8) is 0 Å². The highest BCUT2D eigenvalue weighted by atomic mass is 16.5. The van der Waals surface area contributed by atoms with Gasteiger partial charge < -0.3 is 14.6 Å². The number of rotatable bonds is 4. The largest absolute Gasteiger partial charge is 0.497 e. The van der Waals surface area contributed by atoms with E-state index < -0.39 is 0 Å². The first-order valence-corrected chi connectivity index (χ1v) is 8.71. The number of aryl methyl sites for hydroxylation is 1. The molecule has 130 valence electrons. The first-order chi connectivity index (χ1) is 12.3. The summed E-state index contributed by atoms with van der Waals surface area (Å²) >= 11 is 0. The number of hydrogen-bond acceptors (Lipinski definition) is 4. The summed E-state index contributed by atoms with van der Waals surface area (Å²) in [6, 6.07) is 10.5. The first kappa shape index (κ1) is 15.9. The van der Waals surface area contributed by atoms with Crippen molar-refractivity contribution in [3.8, 4) is 17.3 Å². The molecule has 0 saturated heterocycles. The Labute approximate surface area is 147 Å². The van der Waals surface area contributed by atoms with Gasteiger partial charge >= 0.3 is 0 Å². The molecule has 1 atom stereocenters. The van der Waals surface area contributed by atoms with Crippen LogP contribution in [0.3, 0.4) is 0 Å². The van der Waals surface area contributed by atoms with Crippen molar-refractivity contribution in [2.75, 3.05) is 13.7 Å². The number of benzene rings is 1. The third kappa shape index (κ3) is 3.05. The van der Waals surface area contributed by atoms with E-state index in [2.05, 4.69) is 44.7 Å². The summed E-state index contributed by atoms with van der Waals surface area (Å²) in [6.07, 6.45) is 4.97.